The zero-order valence-electron chi connectivity index (χ0n) is 12.2. The number of rotatable bonds is 9. The van der Waals surface area contributed by atoms with Crippen LogP contribution < -0.4 is 4.74 Å². The van der Waals surface area contributed by atoms with Gasteiger partial charge in [0.25, 0.3) is 0 Å². The van der Waals surface area contributed by atoms with E-state index in [9.17, 15) is 0 Å². The molecule has 0 aliphatic carbocycles. The standard InChI is InChI=1S/C18H22O2S/c19-14-6-1-2-7-15-21-18-12-10-17(11-13-18)20-16-8-4-3-5-9-16/h3-5,8-13,19H,1-2,6-7,14-15H2. The lowest BCUT2D eigenvalue weighted by atomic mass is 10.2. The molecule has 112 valence electrons. The van der Waals surface area contributed by atoms with Gasteiger partial charge in [-0.05, 0) is 55.0 Å². The first-order valence-corrected chi connectivity index (χ1v) is 8.43. The van der Waals surface area contributed by atoms with Crippen LogP contribution in [-0.4, -0.2) is 17.5 Å². The number of unbranched alkanes of at least 4 members (excludes halogenated alkanes) is 3. The van der Waals surface area contributed by atoms with Crippen molar-refractivity contribution < 1.29 is 9.84 Å². The molecule has 1 N–H and O–H groups in total. The third-order valence-corrected chi connectivity index (χ3v) is 4.22. The van der Waals surface area contributed by atoms with Crippen molar-refractivity contribution >= 4 is 11.8 Å². The van der Waals surface area contributed by atoms with Gasteiger partial charge in [0.05, 0.1) is 0 Å². The predicted octanol–water partition coefficient (Wildman–Crippen LogP) is 5.12. The smallest absolute Gasteiger partial charge is 0.127 e. The second-order valence-corrected chi connectivity index (χ2v) is 6.04. The van der Waals surface area contributed by atoms with Crippen LogP contribution >= 0.6 is 11.8 Å². The van der Waals surface area contributed by atoms with Gasteiger partial charge in [0, 0.05) is 11.5 Å². The maximum Gasteiger partial charge on any atom is 0.127 e. The lowest BCUT2D eigenvalue weighted by Crippen LogP contribution is -1.86. The molecule has 2 aromatic carbocycles. The van der Waals surface area contributed by atoms with E-state index in [1.807, 2.05) is 54.2 Å². The molecule has 2 nitrogen and oxygen atoms in total. The molecule has 0 heterocycles. The van der Waals surface area contributed by atoms with Crippen molar-refractivity contribution in [2.75, 3.05) is 12.4 Å². The second-order valence-electron chi connectivity index (χ2n) is 4.87. The molecule has 0 saturated heterocycles. The van der Waals surface area contributed by atoms with E-state index in [0.717, 1.165) is 30.1 Å². The van der Waals surface area contributed by atoms with Crippen molar-refractivity contribution in [3.05, 3.63) is 54.6 Å². The third kappa shape index (κ3) is 6.23. The minimum absolute atomic E-state index is 0.315. The summed E-state index contributed by atoms with van der Waals surface area (Å²) in [4.78, 5) is 1.28. The van der Waals surface area contributed by atoms with Crippen molar-refractivity contribution in [3.63, 3.8) is 0 Å². The van der Waals surface area contributed by atoms with Gasteiger partial charge >= 0.3 is 0 Å². The van der Waals surface area contributed by atoms with Crippen LogP contribution in [0.5, 0.6) is 11.5 Å². The minimum Gasteiger partial charge on any atom is -0.457 e. The van der Waals surface area contributed by atoms with E-state index in [4.69, 9.17) is 9.84 Å². The van der Waals surface area contributed by atoms with Gasteiger partial charge in [-0.2, -0.15) is 0 Å². The van der Waals surface area contributed by atoms with Crippen LogP contribution in [0.1, 0.15) is 25.7 Å². The molecule has 21 heavy (non-hydrogen) atoms. The van der Waals surface area contributed by atoms with Crippen LogP contribution in [-0.2, 0) is 0 Å². The van der Waals surface area contributed by atoms with Crippen molar-refractivity contribution in [2.45, 2.75) is 30.6 Å². The molecule has 0 saturated carbocycles. The van der Waals surface area contributed by atoms with E-state index in [-0.39, 0.29) is 0 Å². The van der Waals surface area contributed by atoms with Crippen LogP contribution in [0, 0.1) is 0 Å². The number of para-hydroxylation sites is 1. The SMILES string of the molecule is OCCCCCCSc1ccc(Oc2ccccc2)cc1. The minimum atomic E-state index is 0.315. The monoisotopic (exact) mass is 302 g/mol. The molecular formula is C18H22O2S. The first-order valence-electron chi connectivity index (χ1n) is 7.45. The van der Waals surface area contributed by atoms with Crippen LogP contribution in [0.3, 0.4) is 0 Å². The fourth-order valence-electron chi connectivity index (χ4n) is 1.99. The summed E-state index contributed by atoms with van der Waals surface area (Å²) in [5.74, 6) is 2.86. The molecule has 0 aliphatic heterocycles. The number of hydrogen-bond donors (Lipinski definition) is 1. The normalized spacial score (nSPS) is 10.5. The van der Waals surface area contributed by atoms with Crippen LogP contribution in [0.15, 0.2) is 59.5 Å². The first kappa shape index (κ1) is 15.9. The topological polar surface area (TPSA) is 29.5 Å². The Kier molecular flexibility index (Phi) is 7.19. The fourth-order valence-corrected chi connectivity index (χ4v) is 2.90. The van der Waals surface area contributed by atoms with Gasteiger partial charge < -0.3 is 9.84 Å². The Morgan fingerprint density at radius 1 is 0.762 bits per heavy atom. The lowest BCUT2D eigenvalue weighted by molar-refractivity contribution is 0.283. The molecule has 0 atom stereocenters. The number of aliphatic hydroxyl groups is 1. The molecule has 0 bridgehead atoms. The highest BCUT2D eigenvalue weighted by Gasteiger charge is 1.98. The molecule has 2 rings (SSSR count). The Morgan fingerprint density at radius 2 is 1.43 bits per heavy atom. The average molecular weight is 302 g/mol. The molecule has 2 aromatic rings. The van der Waals surface area contributed by atoms with E-state index in [1.165, 1.54) is 17.7 Å². The van der Waals surface area contributed by atoms with E-state index in [2.05, 4.69) is 12.1 Å². The van der Waals surface area contributed by atoms with Crippen molar-refractivity contribution in [1.29, 1.82) is 0 Å². The molecule has 3 heteroatoms. The number of hydrogen-bond acceptors (Lipinski definition) is 3. The number of thioether (sulfide) groups is 1. The predicted molar refractivity (Wildman–Crippen MR) is 89.2 cm³/mol. The third-order valence-electron chi connectivity index (χ3n) is 3.12. The second kappa shape index (κ2) is 9.48. The Balaban J connectivity index is 1.72. The molecule has 0 radical (unpaired) electrons. The van der Waals surface area contributed by atoms with E-state index in [1.54, 1.807) is 0 Å². The summed E-state index contributed by atoms with van der Waals surface area (Å²) in [6, 6.07) is 18.1. The van der Waals surface area contributed by atoms with Crippen LogP contribution in [0.2, 0.25) is 0 Å². The molecule has 0 spiro atoms. The van der Waals surface area contributed by atoms with Crippen molar-refractivity contribution in [1.82, 2.24) is 0 Å². The summed E-state index contributed by atoms with van der Waals surface area (Å²) in [7, 11) is 0. The van der Waals surface area contributed by atoms with Gasteiger partial charge in [-0.1, -0.05) is 31.0 Å². The largest absolute Gasteiger partial charge is 0.457 e. The Morgan fingerprint density at radius 3 is 2.14 bits per heavy atom. The molecule has 0 fully saturated rings. The molecular weight excluding hydrogens is 280 g/mol. The van der Waals surface area contributed by atoms with Gasteiger partial charge in [-0.15, -0.1) is 11.8 Å². The number of benzene rings is 2. The highest BCUT2D eigenvalue weighted by atomic mass is 32.2. The molecule has 0 amide bonds. The first-order chi connectivity index (χ1) is 10.4. The van der Waals surface area contributed by atoms with Crippen molar-refractivity contribution in [3.8, 4) is 11.5 Å². The van der Waals surface area contributed by atoms with Crippen LogP contribution in [0.25, 0.3) is 0 Å². The lowest BCUT2D eigenvalue weighted by Gasteiger charge is -2.06. The Bertz CT molecular complexity index is 496. The van der Waals surface area contributed by atoms with E-state index < -0.39 is 0 Å². The highest BCUT2D eigenvalue weighted by molar-refractivity contribution is 7.99. The van der Waals surface area contributed by atoms with Gasteiger partial charge in [0.2, 0.25) is 0 Å². The summed E-state index contributed by atoms with van der Waals surface area (Å²) >= 11 is 1.88. The number of ether oxygens (including phenoxy) is 1. The van der Waals surface area contributed by atoms with Gasteiger partial charge in [0.15, 0.2) is 0 Å². The average Bonchev–Trinajstić information content (AvgIpc) is 2.53. The summed E-state index contributed by atoms with van der Waals surface area (Å²) < 4.78 is 5.77. The number of aliphatic hydroxyl groups excluding tert-OH is 1. The zero-order chi connectivity index (χ0) is 14.8. The summed E-state index contributed by atoms with van der Waals surface area (Å²) in [5.41, 5.74) is 0. The molecule has 0 aromatic heterocycles. The van der Waals surface area contributed by atoms with Crippen LogP contribution in [0.4, 0.5) is 0 Å². The summed E-state index contributed by atoms with van der Waals surface area (Å²) in [6.07, 6.45) is 4.45. The van der Waals surface area contributed by atoms with E-state index >= 15 is 0 Å². The summed E-state index contributed by atoms with van der Waals surface area (Å²) in [6.45, 7) is 0.315. The fraction of sp³-hybridized carbons (Fsp3) is 0.333. The summed E-state index contributed by atoms with van der Waals surface area (Å²) in [5, 5.41) is 8.72. The zero-order valence-corrected chi connectivity index (χ0v) is 13.0. The van der Waals surface area contributed by atoms with Gasteiger partial charge in [-0.3, -0.25) is 0 Å². The maximum absolute atomic E-state index is 8.72. The Labute approximate surface area is 131 Å². The maximum atomic E-state index is 8.72. The van der Waals surface area contributed by atoms with Crippen molar-refractivity contribution in [2.24, 2.45) is 0 Å². The van der Waals surface area contributed by atoms with Gasteiger partial charge in [0.1, 0.15) is 11.5 Å². The Hall–Kier alpha value is -1.45. The quantitative estimate of drug-likeness (QED) is 0.515. The highest BCUT2D eigenvalue weighted by Crippen LogP contribution is 2.25. The molecule has 0 unspecified atom stereocenters. The van der Waals surface area contributed by atoms with E-state index in [0.29, 0.717) is 6.61 Å². The van der Waals surface area contributed by atoms with Gasteiger partial charge in [-0.25, -0.2) is 0 Å². The molecule has 0 aliphatic rings.